The molecule has 0 spiro atoms. The third-order valence-electron chi connectivity index (χ3n) is 2.51. The van der Waals surface area contributed by atoms with Crippen LogP contribution in [0.4, 0.5) is 5.82 Å². The number of hydrogen-bond acceptors (Lipinski definition) is 5. The Hall–Kier alpha value is -2.08. The molecule has 0 saturated carbocycles. The van der Waals surface area contributed by atoms with E-state index in [1.54, 1.807) is 18.6 Å². The first-order chi connectivity index (χ1) is 8.68. The monoisotopic (exact) mass is 259 g/mol. The third-order valence-corrected chi connectivity index (χ3v) is 2.71. The highest BCUT2D eigenvalue weighted by molar-refractivity contribution is 7.80. The van der Waals surface area contributed by atoms with Crippen molar-refractivity contribution in [2.45, 2.75) is 13.5 Å². The van der Waals surface area contributed by atoms with Gasteiger partial charge in [0.25, 0.3) is 0 Å². The molecule has 18 heavy (non-hydrogen) atoms. The molecule has 3 N–H and O–H groups in total. The van der Waals surface area contributed by atoms with Crippen molar-refractivity contribution in [3.63, 3.8) is 0 Å². The molecule has 92 valence electrons. The summed E-state index contributed by atoms with van der Waals surface area (Å²) in [6.45, 7) is 2.64. The Balaban J connectivity index is 2.16. The fourth-order valence-corrected chi connectivity index (χ4v) is 1.68. The van der Waals surface area contributed by atoms with Gasteiger partial charge in [-0.05, 0) is 24.1 Å². The van der Waals surface area contributed by atoms with Gasteiger partial charge in [-0.15, -0.1) is 0 Å². The van der Waals surface area contributed by atoms with Crippen LogP contribution < -0.4 is 11.1 Å². The molecular weight excluding hydrogens is 246 g/mol. The van der Waals surface area contributed by atoms with Crippen LogP contribution in [-0.2, 0) is 6.54 Å². The lowest BCUT2D eigenvalue weighted by molar-refractivity contribution is 1.05. The van der Waals surface area contributed by atoms with Crippen LogP contribution in [0.15, 0.2) is 30.9 Å². The standard InChI is InChI=1S/C12H13N5S/c1-8-6-14-3-2-9(8)7-17-12-10(11(13)18)15-4-5-16-12/h2-6H,7H2,1H3,(H2,13,18)(H,16,17). The number of nitrogens with zero attached hydrogens (tertiary/aromatic N) is 3. The summed E-state index contributed by atoms with van der Waals surface area (Å²) in [5, 5.41) is 3.18. The number of aryl methyl sites for hydroxylation is 1. The number of pyridine rings is 1. The molecule has 0 aliphatic heterocycles. The second-order valence-corrected chi connectivity index (χ2v) is 4.21. The van der Waals surface area contributed by atoms with Crippen LogP contribution in [0.2, 0.25) is 0 Å². The van der Waals surface area contributed by atoms with Crippen molar-refractivity contribution in [3.05, 3.63) is 47.7 Å². The summed E-state index contributed by atoms with van der Waals surface area (Å²) < 4.78 is 0. The molecule has 2 rings (SSSR count). The molecule has 0 fully saturated rings. The van der Waals surface area contributed by atoms with Gasteiger partial charge in [-0.3, -0.25) is 4.98 Å². The van der Waals surface area contributed by atoms with Gasteiger partial charge in [0.05, 0.1) is 0 Å². The van der Waals surface area contributed by atoms with Crippen molar-refractivity contribution < 1.29 is 0 Å². The number of thiocarbonyl (C=S) groups is 1. The Bertz CT molecular complexity index is 570. The van der Waals surface area contributed by atoms with Gasteiger partial charge in [0.2, 0.25) is 0 Å². The quantitative estimate of drug-likeness (QED) is 0.809. The SMILES string of the molecule is Cc1cnccc1CNc1nccnc1C(N)=S. The van der Waals surface area contributed by atoms with Crippen molar-refractivity contribution in [2.24, 2.45) is 5.73 Å². The third kappa shape index (κ3) is 2.78. The molecule has 0 aliphatic carbocycles. The summed E-state index contributed by atoms with van der Waals surface area (Å²) in [6.07, 6.45) is 6.75. The van der Waals surface area contributed by atoms with E-state index in [4.69, 9.17) is 18.0 Å². The molecule has 2 heterocycles. The normalized spacial score (nSPS) is 10.1. The number of hydrogen-bond donors (Lipinski definition) is 2. The summed E-state index contributed by atoms with van der Waals surface area (Å²) in [4.78, 5) is 12.6. The number of aromatic nitrogens is 3. The highest BCUT2D eigenvalue weighted by Crippen LogP contribution is 2.11. The highest BCUT2D eigenvalue weighted by Gasteiger charge is 2.07. The minimum Gasteiger partial charge on any atom is -0.388 e. The molecule has 0 saturated heterocycles. The minimum atomic E-state index is 0.233. The maximum atomic E-state index is 5.59. The molecule has 2 aromatic rings. The predicted octanol–water partition coefficient (Wildman–Crippen LogP) is 1.43. The van der Waals surface area contributed by atoms with E-state index in [0.717, 1.165) is 11.1 Å². The number of anilines is 1. The van der Waals surface area contributed by atoms with Gasteiger partial charge in [-0.2, -0.15) is 0 Å². The molecule has 0 aliphatic rings. The van der Waals surface area contributed by atoms with Crippen molar-refractivity contribution >= 4 is 23.0 Å². The van der Waals surface area contributed by atoms with Crippen LogP contribution in [0.25, 0.3) is 0 Å². The van der Waals surface area contributed by atoms with Crippen LogP contribution in [0.3, 0.4) is 0 Å². The topological polar surface area (TPSA) is 76.7 Å². The first kappa shape index (κ1) is 12.4. The number of nitrogens with two attached hydrogens (primary N) is 1. The zero-order valence-electron chi connectivity index (χ0n) is 9.92. The van der Waals surface area contributed by atoms with E-state index < -0.39 is 0 Å². The second kappa shape index (κ2) is 5.50. The molecule has 6 heteroatoms. The van der Waals surface area contributed by atoms with E-state index >= 15 is 0 Å². The van der Waals surface area contributed by atoms with Crippen LogP contribution in [0.1, 0.15) is 16.8 Å². The van der Waals surface area contributed by atoms with E-state index in [2.05, 4.69) is 20.3 Å². The minimum absolute atomic E-state index is 0.233. The van der Waals surface area contributed by atoms with Crippen molar-refractivity contribution in [2.75, 3.05) is 5.32 Å². The van der Waals surface area contributed by atoms with Gasteiger partial charge in [-0.25, -0.2) is 9.97 Å². The van der Waals surface area contributed by atoms with Gasteiger partial charge >= 0.3 is 0 Å². The summed E-state index contributed by atoms with van der Waals surface area (Å²) in [7, 11) is 0. The average molecular weight is 259 g/mol. The number of nitrogens with one attached hydrogen (secondary N) is 1. The van der Waals surface area contributed by atoms with Crippen molar-refractivity contribution in [1.82, 2.24) is 15.0 Å². The van der Waals surface area contributed by atoms with E-state index in [0.29, 0.717) is 18.1 Å². The largest absolute Gasteiger partial charge is 0.388 e. The van der Waals surface area contributed by atoms with Crippen LogP contribution in [-0.4, -0.2) is 19.9 Å². The highest BCUT2D eigenvalue weighted by atomic mass is 32.1. The summed E-state index contributed by atoms with van der Waals surface area (Å²) in [5.74, 6) is 0.598. The first-order valence-corrected chi connectivity index (χ1v) is 5.83. The predicted molar refractivity (Wildman–Crippen MR) is 74.2 cm³/mol. The zero-order valence-corrected chi connectivity index (χ0v) is 10.7. The Labute approximate surface area is 110 Å². The lowest BCUT2D eigenvalue weighted by Gasteiger charge is -2.10. The van der Waals surface area contributed by atoms with E-state index in [-0.39, 0.29) is 4.99 Å². The van der Waals surface area contributed by atoms with Gasteiger partial charge in [0.1, 0.15) is 10.7 Å². The molecular formula is C12H13N5S. The maximum Gasteiger partial charge on any atom is 0.155 e. The Morgan fingerprint density at radius 3 is 2.83 bits per heavy atom. The van der Waals surface area contributed by atoms with Gasteiger partial charge in [0, 0.05) is 31.3 Å². The Morgan fingerprint density at radius 1 is 1.33 bits per heavy atom. The molecule has 0 radical (unpaired) electrons. The van der Waals surface area contributed by atoms with Gasteiger partial charge in [-0.1, -0.05) is 12.2 Å². The van der Waals surface area contributed by atoms with Crippen molar-refractivity contribution in [3.8, 4) is 0 Å². The van der Waals surface area contributed by atoms with Crippen LogP contribution in [0.5, 0.6) is 0 Å². The van der Waals surface area contributed by atoms with E-state index in [1.165, 1.54) is 0 Å². The molecule has 0 bridgehead atoms. The summed E-state index contributed by atoms with van der Waals surface area (Å²) >= 11 is 4.93. The molecule has 0 amide bonds. The van der Waals surface area contributed by atoms with Crippen LogP contribution >= 0.6 is 12.2 Å². The lowest BCUT2D eigenvalue weighted by atomic mass is 10.1. The summed E-state index contributed by atoms with van der Waals surface area (Å²) in [6, 6.07) is 1.96. The lowest BCUT2D eigenvalue weighted by Crippen LogP contribution is -2.16. The fourth-order valence-electron chi connectivity index (χ4n) is 1.53. The molecule has 0 unspecified atom stereocenters. The van der Waals surface area contributed by atoms with Gasteiger partial charge in [0.15, 0.2) is 5.82 Å². The van der Waals surface area contributed by atoms with E-state index in [1.807, 2.05) is 19.2 Å². The second-order valence-electron chi connectivity index (χ2n) is 3.77. The molecule has 5 nitrogen and oxygen atoms in total. The average Bonchev–Trinajstić information content (AvgIpc) is 2.38. The molecule has 0 atom stereocenters. The van der Waals surface area contributed by atoms with Crippen LogP contribution in [0, 0.1) is 6.92 Å². The first-order valence-electron chi connectivity index (χ1n) is 5.42. The fraction of sp³-hybridized carbons (Fsp3) is 0.167. The van der Waals surface area contributed by atoms with Gasteiger partial charge < -0.3 is 11.1 Å². The van der Waals surface area contributed by atoms with E-state index in [9.17, 15) is 0 Å². The molecule has 2 aromatic heterocycles. The van der Waals surface area contributed by atoms with Crippen molar-refractivity contribution in [1.29, 1.82) is 0 Å². The summed E-state index contributed by atoms with van der Waals surface area (Å²) in [5.41, 5.74) is 8.37. The smallest absolute Gasteiger partial charge is 0.155 e. The molecule has 0 aromatic carbocycles. The maximum absolute atomic E-state index is 5.59. The Kier molecular flexibility index (Phi) is 3.78. The Morgan fingerprint density at radius 2 is 2.11 bits per heavy atom. The zero-order chi connectivity index (χ0) is 13.0. The number of rotatable bonds is 4.